The molecule has 5 heterocycles. The number of fused-ring (bicyclic) bond motifs is 8. The van der Waals surface area contributed by atoms with Crippen molar-refractivity contribution >= 4 is 46.4 Å². The van der Waals surface area contributed by atoms with Gasteiger partial charge in [0, 0.05) is 38.8 Å². The maximum absolute atomic E-state index is 10.0. The van der Waals surface area contributed by atoms with E-state index in [1.54, 1.807) is 24.3 Å². The first-order valence-corrected chi connectivity index (χ1v) is 14.4. The van der Waals surface area contributed by atoms with Crippen LogP contribution < -0.4 is 0 Å². The number of aromatic hydroxyl groups is 2. The van der Waals surface area contributed by atoms with E-state index in [4.69, 9.17) is 9.97 Å². The van der Waals surface area contributed by atoms with E-state index in [1.165, 1.54) is 0 Å². The Bertz CT molecular complexity index is 2230. The minimum Gasteiger partial charge on any atom is -0.508 e. The highest BCUT2D eigenvalue weighted by Crippen LogP contribution is 2.36. The van der Waals surface area contributed by atoms with Crippen molar-refractivity contribution in [2.24, 2.45) is 0 Å². The summed E-state index contributed by atoms with van der Waals surface area (Å²) >= 11 is 0. The molecule has 0 amide bonds. The van der Waals surface area contributed by atoms with Crippen molar-refractivity contribution in [2.45, 2.75) is 0 Å². The van der Waals surface area contributed by atoms with Crippen molar-refractivity contribution in [1.29, 1.82) is 0 Å². The fourth-order valence-electron chi connectivity index (χ4n) is 5.91. The molecule has 8 rings (SSSR count). The molecule has 8 bridgehead atoms. The van der Waals surface area contributed by atoms with Crippen molar-refractivity contribution in [3.8, 4) is 44.9 Å². The SMILES string of the molecule is Oc1ccc(-c2c3nc(c(-c4ccccc4)c4ccc([nH]4)c(-c4ccc(O)cc4)c4nc(cc5ccc2[nH]5)C=C4)C=C3)cc1. The molecular formula is C38H26N4O2. The minimum atomic E-state index is 0.211. The molecule has 3 aromatic carbocycles. The van der Waals surface area contributed by atoms with Crippen LogP contribution in [0.5, 0.6) is 11.5 Å². The van der Waals surface area contributed by atoms with Crippen molar-refractivity contribution in [1.82, 2.24) is 19.9 Å². The summed E-state index contributed by atoms with van der Waals surface area (Å²) in [7, 11) is 0. The number of hydrogen-bond donors (Lipinski definition) is 4. The van der Waals surface area contributed by atoms with Crippen LogP contribution in [0.3, 0.4) is 0 Å². The van der Waals surface area contributed by atoms with Crippen molar-refractivity contribution < 1.29 is 10.2 Å². The van der Waals surface area contributed by atoms with E-state index >= 15 is 0 Å². The Morgan fingerprint density at radius 3 is 1.50 bits per heavy atom. The molecule has 0 fully saturated rings. The molecule has 210 valence electrons. The largest absolute Gasteiger partial charge is 0.508 e. The molecule has 4 N–H and O–H groups in total. The van der Waals surface area contributed by atoms with E-state index < -0.39 is 0 Å². The van der Waals surface area contributed by atoms with Crippen LogP contribution in [-0.4, -0.2) is 30.1 Å². The molecule has 0 unspecified atom stereocenters. The van der Waals surface area contributed by atoms with Crippen LogP contribution in [0.15, 0.2) is 109 Å². The van der Waals surface area contributed by atoms with Gasteiger partial charge in [0.25, 0.3) is 0 Å². The highest BCUT2D eigenvalue weighted by molar-refractivity contribution is 5.97. The van der Waals surface area contributed by atoms with Gasteiger partial charge in [-0.25, -0.2) is 9.97 Å². The molecule has 0 saturated carbocycles. The predicted octanol–water partition coefficient (Wildman–Crippen LogP) is 9.07. The highest BCUT2D eigenvalue weighted by Gasteiger charge is 2.16. The number of phenolic OH excluding ortho intramolecular Hbond substituents is 2. The Balaban J connectivity index is 1.53. The number of nitrogens with zero attached hydrogens (tertiary/aromatic N) is 2. The first-order valence-electron chi connectivity index (χ1n) is 14.4. The van der Waals surface area contributed by atoms with Crippen molar-refractivity contribution in [3.05, 3.63) is 132 Å². The molecule has 2 aliphatic rings. The lowest BCUT2D eigenvalue weighted by molar-refractivity contribution is 0.475. The van der Waals surface area contributed by atoms with Crippen molar-refractivity contribution in [2.75, 3.05) is 0 Å². The second-order valence-electron chi connectivity index (χ2n) is 10.8. The number of aromatic amines is 2. The Kier molecular flexibility index (Phi) is 5.98. The lowest BCUT2D eigenvalue weighted by Crippen LogP contribution is -1.88. The summed E-state index contributed by atoms with van der Waals surface area (Å²) in [6, 6.07) is 34.9. The van der Waals surface area contributed by atoms with Gasteiger partial charge in [-0.2, -0.15) is 0 Å². The van der Waals surface area contributed by atoms with E-state index in [0.29, 0.717) is 0 Å². The highest BCUT2D eigenvalue weighted by atomic mass is 16.3. The zero-order valence-electron chi connectivity index (χ0n) is 23.5. The van der Waals surface area contributed by atoms with Crippen LogP contribution in [0.25, 0.3) is 79.8 Å². The summed E-state index contributed by atoms with van der Waals surface area (Å²) in [5.74, 6) is 0.422. The summed E-state index contributed by atoms with van der Waals surface area (Å²) in [5.41, 5.74) is 12.7. The molecule has 2 aliphatic heterocycles. The molecule has 0 radical (unpaired) electrons. The summed E-state index contributed by atoms with van der Waals surface area (Å²) in [6.45, 7) is 0. The average molecular weight is 571 g/mol. The molecular weight excluding hydrogens is 544 g/mol. The van der Waals surface area contributed by atoms with Gasteiger partial charge in [0.2, 0.25) is 0 Å². The van der Waals surface area contributed by atoms with E-state index in [2.05, 4.69) is 46.4 Å². The van der Waals surface area contributed by atoms with Crippen LogP contribution in [-0.2, 0) is 0 Å². The molecule has 6 heteroatoms. The first kappa shape index (κ1) is 25.6. The van der Waals surface area contributed by atoms with Gasteiger partial charge in [-0.3, -0.25) is 0 Å². The standard InChI is InChI=1S/C38H26N4O2/c43-28-12-6-24(7-13-28)37-30-16-10-26(39-30)22-27-11-17-31(40-27)38(25-8-14-29(44)15-9-25)35-21-19-33(42-35)36(23-4-2-1-3-5-23)32-18-20-34(37)41-32/h1-22,39,42-44H. The fraction of sp³-hybridized carbons (Fsp3) is 0. The molecule has 6 nitrogen and oxygen atoms in total. The number of phenols is 2. The number of rotatable bonds is 3. The van der Waals surface area contributed by atoms with Crippen LogP contribution in [0, 0.1) is 0 Å². The van der Waals surface area contributed by atoms with Crippen molar-refractivity contribution in [3.63, 3.8) is 0 Å². The van der Waals surface area contributed by atoms with Gasteiger partial charge in [0.05, 0.1) is 22.8 Å². The third kappa shape index (κ3) is 4.55. The molecule has 0 saturated heterocycles. The van der Waals surface area contributed by atoms with Gasteiger partial charge in [-0.05, 0) is 95.6 Å². The van der Waals surface area contributed by atoms with Gasteiger partial charge < -0.3 is 20.2 Å². The van der Waals surface area contributed by atoms with Gasteiger partial charge in [0.1, 0.15) is 11.5 Å². The second-order valence-corrected chi connectivity index (χ2v) is 10.8. The Hall–Kier alpha value is -6.14. The van der Waals surface area contributed by atoms with Crippen LogP contribution >= 0.6 is 0 Å². The first-order chi connectivity index (χ1) is 21.6. The number of hydrogen-bond acceptors (Lipinski definition) is 4. The quantitative estimate of drug-likeness (QED) is 0.170. The van der Waals surface area contributed by atoms with Crippen LogP contribution in [0.4, 0.5) is 0 Å². The Morgan fingerprint density at radius 2 is 0.909 bits per heavy atom. The summed E-state index contributed by atoms with van der Waals surface area (Å²) in [4.78, 5) is 17.5. The fourth-order valence-corrected chi connectivity index (χ4v) is 5.91. The number of H-pyrrole nitrogens is 2. The average Bonchev–Trinajstić information content (AvgIpc) is 3.87. The molecule has 44 heavy (non-hydrogen) atoms. The molecule has 6 aromatic rings. The summed E-state index contributed by atoms with van der Waals surface area (Å²) in [5, 5.41) is 20.0. The van der Waals surface area contributed by atoms with Gasteiger partial charge in [-0.15, -0.1) is 0 Å². The summed E-state index contributed by atoms with van der Waals surface area (Å²) < 4.78 is 0. The predicted molar refractivity (Wildman–Crippen MR) is 178 cm³/mol. The van der Waals surface area contributed by atoms with E-state index in [9.17, 15) is 10.2 Å². The van der Waals surface area contributed by atoms with E-state index in [1.807, 2.05) is 72.8 Å². The smallest absolute Gasteiger partial charge is 0.115 e. The second kappa shape index (κ2) is 10.3. The lowest BCUT2D eigenvalue weighted by atomic mass is 10.0. The lowest BCUT2D eigenvalue weighted by Gasteiger charge is -2.06. The Morgan fingerprint density at radius 1 is 0.432 bits per heavy atom. The molecule has 0 aliphatic carbocycles. The number of benzene rings is 3. The number of nitrogens with one attached hydrogen (secondary N) is 2. The topological polar surface area (TPSA) is 97.8 Å². The molecule has 0 spiro atoms. The minimum absolute atomic E-state index is 0.211. The molecule has 3 aromatic heterocycles. The zero-order chi connectivity index (χ0) is 29.6. The van der Waals surface area contributed by atoms with Crippen LogP contribution in [0.1, 0.15) is 22.8 Å². The third-order valence-corrected chi connectivity index (χ3v) is 7.95. The molecule has 0 atom stereocenters. The maximum atomic E-state index is 10.0. The third-order valence-electron chi connectivity index (χ3n) is 7.95. The normalized spacial score (nSPS) is 12.1. The summed E-state index contributed by atoms with van der Waals surface area (Å²) in [6.07, 6.45) is 8.14. The maximum Gasteiger partial charge on any atom is 0.115 e. The zero-order valence-corrected chi connectivity index (χ0v) is 23.5. The van der Waals surface area contributed by atoms with Gasteiger partial charge >= 0.3 is 0 Å². The monoisotopic (exact) mass is 570 g/mol. The number of aromatic nitrogens is 4. The van der Waals surface area contributed by atoms with E-state index in [-0.39, 0.29) is 11.5 Å². The van der Waals surface area contributed by atoms with Crippen LogP contribution in [0.2, 0.25) is 0 Å². The van der Waals surface area contributed by atoms with Gasteiger partial charge in [0.15, 0.2) is 0 Å². The van der Waals surface area contributed by atoms with Gasteiger partial charge in [-0.1, -0.05) is 54.6 Å². The Labute approximate surface area is 253 Å². The van der Waals surface area contributed by atoms with E-state index in [0.717, 1.165) is 78.2 Å².